The molecule has 0 spiro atoms. The number of anilines is 2. The quantitative estimate of drug-likeness (QED) is 0.935. The normalized spacial score (nSPS) is 14.8. The molecular weight excluding hydrogens is 266 g/mol. The number of amides is 1. The average Bonchev–Trinajstić information content (AvgIpc) is 2.57. The fourth-order valence-corrected chi connectivity index (χ4v) is 2.17. The molecule has 2 aromatic rings. The van der Waals surface area contributed by atoms with Gasteiger partial charge in [0.2, 0.25) is 0 Å². The van der Waals surface area contributed by atoms with Gasteiger partial charge in [-0.1, -0.05) is 12.1 Å². The maximum Gasteiger partial charge on any atom is 0.257 e. The molecule has 21 heavy (non-hydrogen) atoms. The summed E-state index contributed by atoms with van der Waals surface area (Å²) in [4.78, 5) is 18.6. The molecule has 1 aliphatic heterocycles. The van der Waals surface area contributed by atoms with E-state index in [0.29, 0.717) is 5.56 Å². The second-order valence-corrected chi connectivity index (χ2v) is 4.75. The molecule has 3 rings (SSSR count). The van der Waals surface area contributed by atoms with Crippen LogP contribution in [-0.4, -0.2) is 37.2 Å². The van der Waals surface area contributed by atoms with E-state index in [1.807, 2.05) is 6.07 Å². The zero-order chi connectivity index (χ0) is 14.5. The lowest BCUT2D eigenvalue weighted by molar-refractivity contribution is 0.102. The summed E-state index contributed by atoms with van der Waals surface area (Å²) in [5.41, 5.74) is 1.29. The summed E-state index contributed by atoms with van der Waals surface area (Å²) < 4.78 is 5.31. The van der Waals surface area contributed by atoms with Crippen molar-refractivity contribution < 1.29 is 9.53 Å². The number of nitrogens with one attached hydrogen (secondary N) is 1. The molecule has 107 valence electrons. The van der Waals surface area contributed by atoms with Gasteiger partial charge in [0.15, 0.2) is 0 Å². The molecule has 1 fully saturated rings. The van der Waals surface area contributed by atoms with E-state index in [0.717, 1.165) is 37.8 Å². The highest BCUT2D eigenvalue weighted by molar-refractivity contribution is 6.04. The minimum Gasteiger partial charge on any atom is -0.378 e. The second kappa shape index (κ2) is 6.37. The van der Waals surface area contributed by atoms with E-state index in [2.05, 4.69) is 21.3 Å². The summed E-state index contributed by atoms with van der Waals surface area (Å²) in [6.07, 6.45) is 1.61. The molecule has 2 heterocycles. The van der Waals surface area contributed by atoms with E-state index >= 15 is 0 Å². The highest BCUT2D eigenvalue weighted by Gasteiger charge is 2.13. The monoisotopic (exact) mass is 282 g/mol. The van der Waals surface area contributed by atoms with Crippen molar-refractivity contribution in [1.29, 1.82) is 0 Å². The summed E-state index contributed by atoms with van der Waals surface area (Å²) in [7, 11) is 0. The lowest BCUT2D eigenvalue weighted by atomic mass is 10.2. The number of hydrogen-bond donors (Lipinski definition) is 1. The van der Waals surface area contributed by atoms with Crippen molar-refractivity contribution in [3.05, 3.63) is 54.2 Å². The zero-order valence-corrected chi connectivity index (χ0v) is 11.6. The molecule has 1 aromatic heterocycles. The predicted molar refractivity (Wildman–Crippen MR) is 80.5 cm³/mol. The van der Waals surface area contributed by atoms with Gasteiger partial charge in [-0.25, -0.2) is 4.98 Å². The number of benzene rings is 1. The number of hydrogen-bond acceptors (Lipinski definition) is 4. The molecule has 1 aliphatic rings. The molecule has 5 nitrogen and oxygen atoms in total. The van der Waals surface area contributed by atoms with E-state index in [1.165, 1.54) is 0 Å². The van der Waals surface area contributed by atoms with Crippen molar-refractivity contribution in [2.75, 3.05) is 36.5 Å². The number of rotatable bonds is 3. The van der Waals surface area contributed by atoms with Crippen LogP contribution in [0.15, 0.2) is 42.6 Å². The third kappa shape index (κ3) is 3.38. The standard InChI is InChI=1S/C16H16N3O2/c20-16(18-14-4-2-1-3-5-14)13-6-7-15(17-12-13)19-8-10-21-11-9-19/h2-7,12H,8-11H2,(H,18,20). The summed E-state index contributed by atoms with van der Waals surface area (Å²) in [6, 6.07) is 13.7. The maximum absolute atomic E-state index is 12.1. The Morgan fingerprint density at radius 3 is 2.62 bits per heavy atom. The van der Waals surface area contributed by atoms with Gasteiger partial charge in [-0.15, -0.1) is 0 Å². The fraction of sp³-hybridized carbons (Fsp3) is 0.250. The van der Waals surface area contributed by atoms with Crippen molar-refractivity contribution in [3.8, 4) is 0 Å². The van der Waals surface area contributed by atoms with Crippen LogP contribution in [0.4, 0.5) is 11.5 Å². The highest BCUT2D eigenvalue weighted by atomic mass is 16.5. The van der Waals surface area contributed by atoms with E-state index in [4.69, 9.17) is 4.74 Å². The Bertz CT molecular complexity index is 593. The molecule has 0 bridgehead atoms. The highest BCUT2D eigenvalue weighted by Crippen LogP contribution is 2.14. The Morgan fingerprint density at radius 2 is 1.95 bits per heavy atom. The molecule has 1 aromatic carbocycles. The van der Waals surface area contributed by atoms with Crippen LogP contribution < -0.4 is 10.2 Å². The Balaban J connectivity index is 1.67. The second-order valence-electron chi connectivity index (χ2n) is 4.75. The van der Waals surface area contributed by atoms with Crippen molar-refractivity contribution in [2.45, 2.75) is 0 Å². The van der Waals surface area contributed by atoms with Crippen LogP contribution in [-0.2, 0) is 4.74 Å². The Labute approximate surface area is 123 Å². The first-order valence-electron chi connectivity index (χ1n) is 6.89. The molecule has 0 aliphatic carbocycles. The first-order valence-corrected chi connectivity index (χ1v) is 6.89. The predicted octanol–water partition coefficient (Wildman–Crippen LogP) is 1.97. The summed E-state index contributed by atoms with van der Waals surface area (Å²) >= 11 is 0. The molecular formula is C16H16N3O2. The molecule has 0 unspecified atom stereocenters. The lowest BCUT2D eigenvalue weighted by Crippen LogP contribution is -2.36. The van der Waals surface area contributed by atoms with Crippen LogP contribution in [0.2, 0.25) is 0 Å². The molecule has 5 heteroatoms. The minimum absolute atomic E-state index is 0.165. The maximum atomic E-state index is 12.1. The lowest BCUT2D eigenvalue weighted by Gasteiger charge is -2.27. The Kier molecular flexibility index (Phi) is 4.12. The Morgan fingerprint density at radius 1 is 1.19 bits per heavy atom. The third-order valence-corrected chi connectivity index (χ3v) is 3.32. The van der Waals surface area contributed by atoms with Gasteiger partial charge in [0.25, 0.3) is 5.91 Å². The van der Waals surface area contributed by atoms with E-state index < -0.39 is 0 Å². The number of aromatic nitrogens is 1. The first-order chi connectivity index (χ1) is 10.3. The van der Waals surface area contributed by atoms with E-state index in [9.17, 15) is 4.79 Å². The van der Waals surface area contributed by atoms with Crippen molar-refractivity contribution in [3.63, 3.8) is 0 Å². The van der Waals surface area contributed by atoms with E-state index in [-0.39, 0.29) is 5.91 Å². The molecule has 0 atom stereocenters. The van der Waals surface area contributed by atoms with Gasteiger partial charge >= 0.3 is 0 Å². The van der Waals surface area contributed by atoms with Crippen molar-refractivity contribution in [1.82, 2.24) is 4.98 Å². The topological polar surface area (TPSA) is 54.5 Å². The van der Waals surface area contributed by atoms with Crippen LogP contribution in [0.25, 0.3) is 0 Å². The molecule has 1 radical (unpaired) electrons. The van der Waals surface area contributed by atoms with Gasteiger partial charge < -0.3 is 15.0 Å². The van der Waals surface area contributed by atoms with Crippen LogP contribution in [0, 0.1) is 6.07 Å². The molecule has 1 saturated heterocycles. The number of morpholine rings is 1. The molecule has 1 amide bonds. The van der Waals surface area contributed by atoms with Crippen LogP contribution in [0.5, 0.6) is 0 Å². The molecule has 0 saturated carbocycles. The number of pyridine rings is 1. The number of carbonyl (C=O) groups excluding carboxylic acids is 1. The smallest absolute Gasteiger partial charge is 0.257 e. The SMILES string of the molecule is O=C(Nc1cc[c]cc1)c1ccc(N2CCOCC2)nc1. The number of nitrogens with zero attached hydrogens (tertiary/aromatic N) is 2. The summed E-state index contributed by atoms with van der Waals surface area (Å²) in [6.45, 7) is 3.10. The van der Waals surface area contributed by atoms with Gasteiger partial charge in [-0.3, -0.25) is 4.79 Å². The summed E-state index contributed by atoms with van der Waals surface area (Å²) in [5, 5.41) is 2.82. The van der Waals surface area contributed by atoms with Crippen LogP contribution in [0.3, 0.4) is 0 Å². The molecule has 1 N–H and O–H groups in total. The van der Waals surface area contributed by atoms with Gasteiger partial charge in [0.05, 0.1) is 18.8 Å². The minimum atomic E-state index is -0.165. The average molecular weight is 282 g/mol. The third-order valence-electron chi connectivity index (χ3n) is 3.32. The van der Waals surface area contributed by atoms with Gasteiger partial charge in [-0.2, -0.15) is 0 Å². The first kappa shape index (κ1) is 13.6. The largest absolute Gasteiger partial charge is 0.378 e. The van der Waals surface area contributed by atoms with Gasteiger partial charge in [-0.05, 0) is 30.3 Å². The van der Waals surface area contributed by atoms with Crippen LogP contribution in [0.1, 0.15) is 10.4 Å². The van der Waals surface area contributed by atoms with Crippen molar-refractivity contribution >= 4 is 17.4 Å². The van der Waals surface area contributed by atoms with Crippen LogP contribution >= 0.6 is 0 Å². The number of ether oxygens (including phenoxy) is 1. The van der Waals surface area contributed by atoms with Gasteiger partial charge in [0.1, 0.15) is 5.82 Å². The summed E-state index contributed by atoms with van der Waals surface area (Å²) in [5.74, 6) is 0.714. The Hall–Kier alpha value is -2.40. The zero-order valence-electron chi connectivity index (χ0n) is 11.6. The fourth-order valence-electron chi connectivity index (χ4n) is 2.17. The van der Waals surface area contributed by atoms with Gasteiger partial charge in [0, 0.05) is 25.0 Å². The van der Waals surface area contributed by atoms with Crippen molar-refractivity contribution in [2.24, 2.45) is 0 Å². The van der Waals surface area contributed by atoms with E-state index in [1.54, 1.807) is 36.5 Å². The number of carbonyl (C=O) groups is 1.